The third-order valence-corrected chi connectivity index (χ3v) is 1.94. The first-order chi connectivity index (χ1) is 8.40. The van der Waals surface area contributed by atoms with Gasteiger partial charge < -0.3 is 10.1 Å². The van der Waals surface area contributed by atoms with Gasteiger partial charge in [-0.25, -0.2) is 4.98 Å². The zero-order valence-corrected chi connectivity index (χ0v) is 10.9. The molecule has 1 heterocycles. The fourth-order valence-electron chi connectivity index (χ4n) is 1.28. The maximum atomic E-state index is 11.4. The van der Waals surface area contributed by atoms with E-state index in [9.17, 15) is 4.79 Å². The van der Waals surface area contributed by atoms with Crippen molar-refractivity contribution in [1.29, 1.82) is 5.26 Å². The number of ether oxygens (including phenoxy) is 1. The Morgan fingerprint density at radius 1 is 1.56 bits per heavy atom. The largest absolute Gasteiger partial charge is 0.460 e. The van der Waals surface area contributed by atoms with Crippen LogP contribution in [0.5, 0.6) is 0 Å². The summed E-state index contributed by atoms with van der Waals surface area (Å²) in [4.78, 5) is 15.5. The zero-order valence-electron chi connectivity index (χ0n) is 10.9. The van der Waals surface area contributed by atoms with Crippen LogP contribution in [0.3, 0.4) is 0 Å². The number of hydrogen-bond donors (Lipinski definition) is 1. The number of rotatable bonds is 4. The van der Waals surface area contributed by atoms with Crippen LogP contribution in [0.4, 0.5) is 5.82 Å². The molecule has 0 atom stereocenters. The minimum Gasteiger partial charge on any atom is -0.460 e. The second kappa shape index (κ2) is 6.01. The molecule has 0 radical (unpaired) electrons. The Kier molecular flexibility index (Phi) is 4.67. The van der Waals surface area contributed by atoms with E-state index >= 15 is 0 Å². The Morgan fingerprint density at radius 2 is 2.28 bits per heavy atom. The van der Waals surface area contributed by atoms with E-state index in [1.807, 2.05) is 26.8 Å². The van der Waals surface area contributed by atoms with Crippen molar-refractivity contribution < 1.29 is 9.53 Å². The Hall–Kier alpha value is -2.09. The van der Waals surface area contributed by atoms with Crippen molar-refractivity contribution in [3.05, 3.63) is 23.9 Å². The van der Waals surface area contributed by atoms with Crippen molar-refractivity contribution in [3.63, 3.8) is 0 Å². The zero-order chi connectivity index (χ0) is 13.6. The van der Waals surface area contributed by atoms with Crippen molar-refractivity contribution in [1.82, 2.24) is 4.98 Å². The predicted molar refractivity (Wildman–Crippen MR) is 67.9 cm³/mol. The minimum atomic E-state index is -0.462. The molecule has 0 aliphatic carbocycles. The molecule has 18 heavy (non-hydrogen) atoms. The Labute approximate surface area is 107 Å². The van der Waals surface area contributed by atoms with Crippen LogP contribution in [0.15, 0.2) is 18.3 Å². The van der Waals surface area contributed by atoms with Crippen molar-refractivity contribution >= 4 is 11.8 Å². The molecule has 5 nitrogen and oxygen atoms in total. The van der Waals surface area contributed by atoms with Crippen LogP contribution in [-0.4, -0.2) is 23.1 Å². The molecule has 1 N–H and O–H groups in total. The standard InChI is InChI=1S/C13H17N3O2/c1-13(2,3)18-12(17)5-7-16-11-8-10(9-14)4-6-15-11/h4,6,8H,5,7H2,1-3H3,(H,15,16). The molecule has 0 fully saturated rings. The normalized spacial score (nSPS) is 10.6. The van der Waals surface area contributed by atoms with Crippen LogP contribution < -0.4 is 5.32 Å². The highest BCUT2D eigenvalue weighted by atomic mass is 16.6. The second-order valence-corrected chi connectivity index (χ2v) is 4.80. The van der Waals surface area contributed by atoms with Gasteiger partial charge in [0.25, 0.3) is 0 Å². The fraction of sp³-hybridized carbons (Fsp3) is 0.462. The molecular weight excluding hydrogens is 230 g/mol. The lowest BCUT2D eigenvalue weighted by Gasteiger charge is -2.19. The number of aromatic nitrogens is 1. The Morgan fingerprint density at radius 3 is 2.89 bits per heavy atom. The van der Waals surface area contributed by atoms with Gasteiger partial charge in [-0.3, -0.25) is 4.79 Å². The van der Waals surface area contributed by atoms with Crippen molar-refractivity contribution in [2.75, 3.05) is 11.9 Å². The lowest BCUT2D eigenvalue weighted by atomic mass is 10.2. The van der Waals surface area contributed by atoms with Gasteiger partial charge in [0, 0.05) is 12.7 Å². The van der Waals surface area contributed by atoms with Gasteiger partial charge in [-0.1, -0.05) is 0 Å². The van der Waals surface area contributed by atoms with Gasteiger partial charge in [0.05, 0.1) is 18.1 Å². The molecule has 1 rings (SSSR count). The summed E-state index contributed by atoms with van der Waals surface area (Å²) in [5, 5.41) is 11.7. The van der Waals surface area contributed by atoms with Gasteiger partial charge >= 0.3 is 5.97 Å². The van der Waals surface area contributed by atoms with Crippen LogP contribution in [0, 0.1) is 11.3 Å². The molecular formula is C13H17N3O2. The lowest BCUT2D eigenvalue weighted by Crippen LogP contribution is -2.25. The maximum absolute atomic E-state index is 11.4. The summed E-state index contributed by atoms with van der Waals surface area (Å²) in [6.07, 6.45) is 1.81. The van der Waals surface area contributed by atoms with E-state index in [2.05, 4.69) is 10.3 Å². The molecule has 0 amide bonds. The van der Waals surface area contributed by atoms with Crippen molar-refractivity contribution in [2.24, 2.45) is 0 Å². The molecule has 0 bridgehead atoms. The van der Waals surface area contributed by atoms with E-state index < -0.39 is 5.60 Å². The molecule has 0 spiro atoms. The molecule has 96 valence electrons. The number of nitrogens with zero attached hydrogens (tertiary/aromatic N) is 2. The van der Waals surface area contributed by atoms with Gasteiger partial charge in [-0.05, 0) is 32.9 Å². The summed E-state index contributed by atoms with van der Waals surface area (Å²) in [7, 11) is 0. The SMILES string of the molecule is CC(C)(C)OC(=O)CCNc1cc(C#N)ccn1. The molecule has 0 aliphatic rings. The van der Waals surface area contributed by atoms with Gasteiger partial charge in [-0.15, -0.1) is 0 Å². The summed E-state index contributed by atoms with van der Waals surface area (Å²) >= 11 is 0. The van der Waals surface area contributed by atoms with E-state index in [1.165, 1.54) is 0 Å². The third kappa shape index (κ3) is 5.30. The van der Waals surface area contributed by atoms with Gasteiger partial charge in [0.2, 0.25) is 0 Å². The van der Waals surface area contributed by atoms with Crippen LogP contribution in [-0.2, 0) is 9.53 Å². The number of nitrogens with one attached hydrogen (secondary N) is 1. The van der Waals surface area contributed by atoms with E-state index in [-0.39, 0.29) is 12.4 Å². The monoisotopic (exact) mass is 247 g/mol. The molecule has 0 aromatic carbocycles. The molecule has 5 heteroatoms. The van der Waals surface area contributed by atoms with E-state index in [1.54, 1.807) is 18.3 Å². The molecule has 0 aliphatic heterocycles. The number of esters is 1. The average molecular weight is 247 g/mol. The van der Waals surface area contributed by atoms with Gasteiger partial charge in [0.15, 0.2) is 0 Å². The van der Waals surface area contributed by atoms with Gasteiger partial charge in [-0.2, -0.15) is 5.26 Å². The average Bonchev–Trinajstić information content (AvgIpc) is 2.27. The summed E-state index contributed by atoms with van der Waals surface area (Å²) in [5.74, 6) is 0.323. The van der Waals surface area contributed by atoms with Crippen LogP contribution >= 0.6 is 0 Å². The first-order valence-electron chi connectivity index (χ1n) is 5.72. The fourth-order valence-corrected chi connectivity index (χ4v) is 1.28. The highest BCUT2D eigenvalue weighted by Crippen LogP contribution is 2.09. The minimum absolute atomic E-state index is 0.258. The number of pyridine rings is 1. The number of nitriles is 1. The smallest absolute Gasteiger partial charge is 0.308 e. The summed E-state index contributed by atoms with van der Waals surface area (Å²) in [5.41, 5.74) is 0.0699. The maximum Gasteiger partial charge on any atom is 0.308 e. The van der Waals surface area contributed by atoms with E-state index in [0.717, 1.165) is 0 Å². The predicted octanol–water partition coefficient (Wildman–Crippen LogP) is 2.10. The van der Waals surface area contributed by atoms with Gasteiger partial charge in [0.1, 0.15) is 11.4 Å². The highest BCUT2D eigenvalue weighted by Gasteiger charge is 2.15. The Bertz CT molecular complexity index is 458. The second-order valence-electron chi connectivity index (χ2n) is 4.80. The Balaban J connectivity index is 2.38. The topological polar surface area (TPSA) is 75.0 Å². The molecule has 1 aromatic heterocycles. The molecule has 0 saturated carbocycles. The highest BCUT2D eigenvalue weighted by molar-refractivity contribution is 5.70. The first-order valence-corrected chi connectivity index (χ1v) is 5.72. The number of hydrogen-bond acceptors (Lipinski definition) is 5. The van der Waals surface area contributed by atoms with Crippen LogP contribution in [0.1, 0.15) is 32.8 Å². The molecule has 0 unspecified atom stereocenters. The molecule has 0 saturated heterocycles. The lowest BCUT2D eigenvalue weighted by molar-refractivity contribution is -0.154. The number of carbonyl (C=O) groups is 1. The third-order valence-electron chi connectivity index (χ3n) is 1.94. The molecule has 1 aromatic rings. The quantitative estimate of drug-likeness (QED) is 0.824. The van der Waals surface area contributed by atoms with E-state index in [0.29, 0.717) is 17.9 Å². The van der Waals surface area contributed by atoms with E-state index in [4.69, 9.17) is 10.00 Å². The van der Waals surface area contributed by atoms with Crippen LogP contribution in [0.25, 0.3) is 0 Å². The number of anilines is 1. The van der Waals surface area contributed by atoms with Crippen LogP contribution in [0.2, 0.25) is 0 Å². The summed E-state index contributed by atoms with van der Waals surface area (Å²) < 4.78 is 5.17. The number of carbonyl (C=O) groups excluding carboxylic acids is 1. The summed E-state index contributed by atoms with van der Waals surface area (Å²) in [6, 6.07) is 5.28. The van der Waals surface area contributed by atoms with Crippen molar-refractivity contribution in [3.8, 4) is 6.07 Å². The summed E-state index contributed by atoms with van der Waals surface area (Å²) in [6.45, 7) is 5.92. The first kappa shape index (κ1) is 14.0. The van der Waals surface area contributed by atoms with Crippen molar-refractivity contribution in [2.45, 2.75) is 32.8 Å².